The summed E-state index contributed by atoms with van der Waals surface area (Å²) in [6.07, 6.45) is 0. The normalized spacial score (nSPS) is 7.67. The Hall–Kier alpha value is -1.02. The molecule has 0 heterocycles. The lowest BCUT2D eigenvalue weighted by molar-refractivity contribution is 1.51. The first-order valence-corrected chi connectivity index (χ1v) is 2.66. The van der Waals surface area contributed by atoms with E-state index in [1.165, 1.54) is 0 Å². The van der Waals surface area contributed by atoms with Gasteiger partial charge in [-0.2, -0.15) is 0 Å². The largest absolute Gasteiger partial charge is 0.388 e. The molecule has 0 bridgehead atoms. The van der Waals surface area contributed by atoms with Gasteiger partial charge in [0.25, 0.3) is 0 Å². The molecule has 0 aromatic heterocycles. The van der Waals surface area contributed by atoms with E-state index < -0.39 is 0 Å². The lowest BCUT2D eigenvalue weighted by Gasteiger charge is -1.94. The summed E-state index contributed by atoms with van der Waals surface area (Å²) in [7, 11) is 1.91. The van der Waals surface area contributed by atoms with Crippen LogP contribution in [0, 0.1) is 0 Å². The summed E-state index contributed by atoms with van der Waals surface area (Å²) in [5.74, 6) is 0. The number of anilines is 1. The smallest absolute Gasteiger partial charge is 0.0337 e. The van der Waals surface area contributed by atoms with Crippen molar-refractivity contribution in [3.63, 3.8) is 0 Å². The third kappa shape index (κ3) is 2.15. The minimum atomic E-state index is 0. The van der Waals surface area contributed by atoms with Gasteiger partial charge >= 0.3 is 0 Å². The molecule has 1 aromatic rings. The van der Waals surface area contributed by atoms with Gasteiger partial charge < -0.3 is 11.5 Å². The highest BCUT2D eigenvalue weighted by atomic mass is 14.8. The van der Waals surface area contributed by atoms with E-state index in [1.807, 2.05) is 37.4 Å². The maximum Gasteiger partial charge on any atom is 0.0337 e. The highest BCUT2D eigenvalue weighted by Crippen LogP contribution is 2.01. The van der Waals surface area contributed by atoms with Crippen molar-refractivity contribution >= 4 is 5.69 Å². The van der Waals surface area contributed by atoms with Gasteiger partial charge in [-0.25, -0.2) is 0 Å². The molecule has 0 amide bonds. The van der Waals surface area contributed by atoms with Crippen LogP contribution in [0.5, 0.6) is 0 Å². The third-order valence-electron chi connectivity index (χ3n) is 1.06. The maximum absolute atomic E-state index is 3.03. The van der Waals surface area contributed by atoms with Crippen molar-refractivity contribution in [3.8, 4) is 0 Å². The van der Waals surface area contributed by atoms with Crippen molar-refractivity contribution in [1.29, 1.82) is 0 Å². The topological polar surface area (TPSA) is 47.0 Å². The SMILES string of the molecule is CNc1ccccc1.N. The van der Waals surface area contributed by atoms with Gasteiger partial charge in [-0.3, -0.25) is 0 Å². The van der Waals surface area contributed by atoms with Crippen LogP contribution in [0.4, 0.5) is 5.69 Å². The summed E-state index contributed by atoms with van der Waals surface area (Å²) in [6, 6.07) is 10.1. The van der Waals surface area contributed by atoms with Crippen LogP contribution < -0.4 is 11.5 Å². The highest BCUT2D eigenvalue weighted by Gasteiger charge is 1.77. The molecule has 9 heavy (non-hydrogen) atoms. The number of rotatable bonds is 1. The van der Waals surface area contributed by atoms with E-state index in [1.54, 1.807) is 0 Å². The van der Waals surface area contributed by atoms with Crippen LogP contribution in [0.15, 0.2) is 30.3 Å². The zero-order valence-electron chi connectivity index (χ0n) is 5.59. The zero-order valence-corrected chi connectivity index (χ0v) is 5.59. The van der Waals surface area contributed by atoms with Crippen molar-refractivity contribution in [1.82, 2.24) is 6.15 Å². The first-order chi connectivity index (χ1) is 3.93. The molecule has 4 N–H and O–H groups in total. The minimum Gasteiger partial charge on any atom is -0.388 e. The minimum absolute atomic E-state index is 0. The van der Waals surface area contributed by atoms with Gasteiger partial charge in [-0.05, 0) is 12.1 Å². The van der Waals surface area contributed by atoms with E-state index in [0.717, 1.165) is 5.69 Å². The Kier molecular flexibility index (Phi) is 3.48. The molecular formula is C7H12N2. The van der Waals surface area contributed by atoms with Gasteiger partial charge in [-0.15, -0.1) is 0 Å². The maximum atomic E-state index is 3.03. The van der Waals surface area contributed by atoms with Crippen molar-refractivity contribution in [2.75, 3.05) is 12.4 Å². The second-order valence-electron chi connectivity index (χ2n) is 1.62. The molecule has 0 saturated carbocycles. The van der Waals surface area contributed by atoms with E-state index in [-0.39, 0.29) is 6.15 Å². The Morgan fingerprint density at radius 1 is 1.11 bits per heavy atom. The number of hydrogen-bond acceptors (Lipinski definition) is 2. The monoisotopic (exact) mass is 124 g/mol. The molecule has 0 radical (unpaired) electrons. The molecule has 0 aliphatic rings. The third-order valence-corrected chi connectivity index (χ3v) is 1.06. The van der Waals surface area contributed by atoms with Crippen molar-refractivity contribution in [2.24, 2.45) is 0 Å². The van der Waals surface area contributed by atoms with Crippen LogP contribution in [0.1, 0.15) is 0 Å². The van der Waals surface area contributed by atoms with Crippen molar-refractivity contribution < 1.29 is 0 Å². The molecule has 0 aliphatic heterocycles. The summed E-state index contributed by atoms with van der Waals surface area (Å²) < 4.78 is 0. The first-order valence-electron chi connectivity index (χ1n) is 2.66. The Balaban J connectivity index is 0.000000640. The fourth-order valence-electron chi connectivity index (χ4n) is 0.605. The molecular weight excluding hydrogens is 112 g/mol. The predicted molar refractivity (Wildman–Crippen MR) is 41.0 cm³/mol. The second kappa shape index (κ2) is 3.92. The predicted octanol–water partition coefficient (Wildman–Crippen LogP) is 1.89. The summed E-state index contributed by atoms with van der Waals surface area (Å²) in [4.78, 5) is 0. The molecule has 0 spiro atoms. The summed E-state index contributed by atoms with van der Waals surface area (Å²) in [5, 5.41) is 3.03. The van der Waals surface area contributed by atoms with E-state index >= 15 is 0 Å². The highest BCUT2D eigenvalue weighted by molar-refractivity contribution is 5.41. The molecule has 0 fully saturated rings. The van der Waals surface area contributed by atoms with Gasteiger partial charge in [0.1, 0.15) is 0 Å². The molecule has 2 heteroatoms. The van der Waals surface area contributed by atoms with Gasteiger partial charge in [0.15, 0.2) is 0 Å². The van der Waals surface area contributed by atoms with Crippen molar-refractivity contribution in [3.05, 3.63) is 30.3 Å². The van der Waals surface area contributed by atoms with E-state index in [4.69, 9.17) is 0 Å². The van der Waals surface area contributed by atoms with Crippen LogP contribution >= 0.6 is 0 Å². The fraction of sp³-hybridized carbons (Fsp3) is 0.143. The molecule has 0 aliphatic carbocycles. The number of benzene rings is 1. The summed E-state index contributed by atoms with van der Waals surface area (Å²) in [5.41, 5.74) is 1.16. The molecule has 0 unspecified atom stereocenters. The van der Waals surface area contributed by atoms with Crippen LogP contribution in [0.3, 0.4) is 0 Å². The van der Waals surface area contributed by atoms with Gasteiger partial charge in [0.05, 0.1) is 0 Å². The molecule has 2 nitrogen and oxygen atoms in total. The quantitative estimate of drug-likeness (QED) is 0.600. The van der Waals surface area contributed by atoms with Gasteiger partial charge in [0, 0.05) is 12.7 Å². The lowest BCUT2D eigenvalue weighted by atomic mass is 10.3. The van der Waals surface area contributed by atoms with Gasteiger partial charge in [-0.1, -0.05) is 18.2 Å². The Morgan fingerprint density at radius 3 is 2.00 bits per heavy atom. The molecule has 0 atom stereocenters. The van der Waals surface area contributed by atoms with Crippen LogP contribution in [-0.4, -0.2) is 7.05 Å². The van der Waals surface area contributed by atoms with Crippen LogP contribution in [0.2, 0.25) is 0 Å². The Morgan fingerprint density at radius 2 is 1.67 bits per heavy atom. The van der Waals surface area contributed by atoms with Crippen molar-refractivity contribution in [2.45, 2.75) is 0 Å². The molecule has 1 rings (SSSR count). The standard InChI is InChI=1S/C7H9N.H3N/c1-8-7-5-3-2-4-6-7;/h2-6,8H,1H3;1H3. The average molecular weight is 124 g/mol. The lowest BCUT2D eigenvalue weighted by Crippen LogP contribution is -1.84. The fourth-order valence-corrected chi connectivity index (χ4v) is 0.605. The first kappa shape index (κ1) is 7.98. The van der Waals surface area contributed by atoms with Crippen LogP contribution in [-0.2, 0) is 0 Å². The summed E-state index contributed by atoms with van der Waals surface area (Å²) in [6.45, 7) is 0. The number of nitrogens with one attached hydrogen (secondary N) is 1. The zero-order chi connectivity index (χ0) is 5.82. The van der Waals surface area contributed by atoms with E-state index in [0.29, 0.717) is 0 Å². The molecule has 50 valence electrons. The van der Waals surface area contributed by atoms with Gasteiger partial charge in [0.2, 0.25) is 0 Å². The Labute approximate surface area is 55.5 Å². The molecule has 1 aromatic carbocycles. The van der Waals surface area contributed by atoms with E-state index in [2.05, 4.69) is 5.32 Å². The average Bonchev–Trinajstić information content (AvgIpc) is 1.90. The number of para-hydroxylation sites is 1. The number of hydrogen-bond donors (Lipinski definition) is 2. The molecule has 0 saturated heterocycles. The van der Waals surface area contributed by atoms with Crippen LogP contribution in [0.25, 0.3) is 0 Å². The Bertz CT molecular complexity index is 148. The van der Waals surface area contributed by atoms with E-state index in [9.17, 15) is 0 Å². The second-order valence-corrected chi connectivity index (χ2v) is 1.62. The summed E-state index contributed by atoms with van der Waals surface area (Å²) >= 11 is 0.